The van der Waals surface area contributed by atoms with Gasteiger partial charge in [0.1, 0.15) is 5.01 Å². The molecule has 0 saturated carbocycles. The number of halogens is 2. The summed E-state index contributed by atoms with van der Waals surface area (Å²) < 4.78 is 0. The molecule has 0 bridgehead atoms. The molecule has 0 aliphatic carbocycles. The lowest BCUT2D eigenvalue weighted by Crippen LogP contribution is -2.35. The summed E-state index contributed by atoms with van der Waals surface area (Å²) in [5.41, 5.74) is 0.814. The molecule has 2 aromatic rings. The number of benzene rings is 1. The third-order valence-electron chi connectivity index (χ3n) is 2.72. The zero-order chi connectivity index (χ0) is 13.2. The largest absolute Gasteiger partial charge is 0.302 e. The first-order valence-corrected chi connectivity index (χ1v) is 7.22. The summed E-state index contributed by atoms with van der Waals surface area (Å²) in [7, 11) is 0. The molecule has 0 amide bonds. The van der Waals surface area contributed by atoms with E-state index in [9.17, 15) is 0 Å². The Kier molecular flexibility index (Phi) is 4.28. The number of rotatable bonds is 4. The molecule has 0 radical (unpaired) electrons. The van der Waals surface area contributed by atoms with Crippen LogP contribution in [-0.2, 0) is 12.1 Å². The molecule has 18 heavy (non-hydrogen) atoms. The second kappa shape index (κ2) is 5.57. The number of aromatic nitrogens is 1. The van der Waals surface area contributed by atoms with Crippen LogP contribution in [0.5, 0.6) is 0 Å². The summed E-state index contributed by atoms with van der Waals surface area (Å²) in [6, 6.07) is 5.67. The molecule has 1 heterocycles. The molecular formula is C13H14Cl2N2S. The van der Waals surface area contributed by atoms with Crippen molar-refractivity contribution in [2.24, 2.45) is 0 Å². The van der Waals surface area contributed by atoms with E-state index in [0.29, 0.717) is 16.6 Å². The summed E-state index contributed by atoms with van der Waals surface area (Å²) in [6.07, 6.45) is 1.82. The highest BCUT2D eigenvalue weighted by atomic mass is 35.5. The third-order valence-corrected chi connectivity index (χ3v) is 4.67. The highest BCUT2D eigenvalue weighted by molar-refractivity contribution is 7.09. The predicted octanol–water partition coefficient (Wildman–Crippen LogP) is 4.47. The molecule has 5 heteroatoms. The van der Waals surface area contributed by atoms with E-state index >= 15 is 0 Å². The zero-order valence-electron chi connectivity index (χ0n) is 10.2. The van der Waals surface area contributed by atoms with Gasteiger partial charge in [-0.25, -0.2) is 4.98 Å². The van der Waals surface area contributed by atoms with Crippen LogP contribution in [0.25, 0.3) is 0 Å². The van der Waals surface area contributed by atoms with Crippen molar-refractivity contribution in [3.05, 3.63) is 50.4 Å². The van der Waals surface area contributed by atoms with E-state index < -0.39 is 0 Å². The van der Waals surface area contributed by atoms with Crippen molar-refractivity contribution in [3.8, 4) is 0 Å². The van der Waals surface area contributed by atoms with Crippen LogP contribution >= 0.6 is 34.5 Å². The molecule has 1 aromatic carbocycles. The molecular weight excluding hydrogens is 287 g/mol. The molecule has 2 nitrogen and oxygen atoms in total. The summed E-state index contributed by atoms with van der Waals surface area (Å²) in [5.74, 6) is 0. The smallest absolute Gasteiger partial charge is 0.112 e. The Morgan fingerprint density at radius 2 is 2.11 bits per heavy atom. The standard InChI is InChI=1S/C13H14Cl2N2S/c1-13(2,12-16-6-7-18-12)17-8-9-4-3-5-10(14)11(9)15/h3-7,17H,8H2,1-2H3. The van der Waals surface area contributed by atoms with E-state index in [-0.39, 0.29) is 5.54 Å². The number of nitrogens with zero attached hydrogens (tertiary/aromatic N) is 1. The van der Waals surface area contributed by atoms with Crippen molar-refractivity contribution in [2.75, 3.05) is 0 Å². The number of hydrogen-bond donors (Lipinski definition) is 1. The average Bonchev–Trinajstić information content (AvgIpc) is 2.85. The maximum absolute atomic E-state index is 6.16. The lowest BCUT2D eigenvalue weighted by Gasteiger charge is -2.24. The fourth-order valence-corrected chi connectivity index (χ4v) is 2.73. The van der Waals surface area contributed by atoms with Gasteiger partial charge in [-0.3, -0.25) is 0 Å². The van der Waals surface area contributed by atoms with Crippen molar-refractivity contribution in [3.63, 3.8) is 0 Å². The van der Waals surface area contributed by atoms with Gasteiger partial charge in [0.2, 0.25) is 0 Å². The molecule has 96 valence electrons. The molecule has 1 aromatic heterocycles. The fraction of sp³-hybridized carbons (Fsp3) is 0.308. The molecule has 0 saturated heterocycles. The van der Waals surface area contributed by atoms with Gasteiger partial charge in [-0.15, -0.1) is 11.3 Å². The molecule has 0 aliphatic heterocycles. The van der Waals surface area contributed by atoms with Gasteiger partial charge < -0.3 is 5.32 Å². The Hall–Kier alpha value is -0.610. The normalized spacial score (nSPS) is 11.8. The highest BCUT2D eigenvalue weighted by Crippen LogP contribution is 2.27. The zero-order valence-corrected chi connectivity index (χ0v) is 12.5. The van der Waals surface area contributed by atoms with Crippen LogP contribution < -0.4 is 5.32 Å². The Bertz CT molecular complexity index is 524. The van der Waals surface area contributed by atoms with E-state index in [1.807, 2.05) is 23.7 Å². The Morgan fingerprint density at radius 1 is 1.33 bits per heavy atom. The highest BCUT2D eigenvalue weighted by Gasteiger charge is 2.22. The fourth-order valence-electron chi connectivity index (χ4n) is 1.61. The summed E-state index contributed by atoms with van der Waals surface area (Å²) in [5, 5.41) is 7.68. The van der Waals surface area contributed by atoms with E-state index in [4.69, 9.17) is 23.2 Å². The van der Waals surface area contributed by atoms with Gasteiger partial charge >= 0.3 is 0 Å². The minimum absolute atomic E-state index is 0.181. The Morgan fingerprint density at radius 3 is 2.78 bits per heavy atom. The van der Waals surface area contributed by atoms with Crippen molar-refractivity contribution < 1.29 is 0 Å². The topological polar surface area (TPSA) is 24.9 Å². The third kappa shape index (κ3) is 3.04. The Labute approximate surface area is 121 Å². The number of hydrogen-bond acceptors (Lipinski definition) is 3. The van der Waals surface area contributed by atoms with Crippen LogP contribution in [-0.4, -0.2) is 4.98 Å². The number of thiazole rings is 1. The molecule has 0 atom stereocenters. The molecule has 2 rings (SSSR count). The molecule has 0 unspecified atom stereocenters. The first kappa shape index (κ1) is 13.8. The van der Waals surface area contributed by atoms with Crippen LogP contribution in [0.4, 0.5) is 0 Å². The van der Waals surface area contributed by atoms with Crippen molar-refractivity contribution in [2.45, 2.75) is 25.9 Å². The van der Waals surface area contributed by atoms with Crippen LogP contribution in [0, 0.1) is 0 Å². The summed E-state index contributed by atoms with van der Waals surface area (Å²) >= 11 is 13.8. The van der Waals surface area contributed by atoms with Crippen LogP contribution in [0.2, 0.25) is 10.0 Å². The first-order chi connectivity index (χ1) is 8.50. The minimum Gasteiger partial charge on any atom is -0.302 e. The van der Waals surface area contributed by atoms with Gasteiger partial charge in [-0.1, -0.05) is 35.3 Å². The first-order valence-electron chi connectivity index (χ1n) is 5.58. The lowest BCUT2D eigenvalue weighted by atomic mass is 10.1. The quantitative estimate of drug-likeness (QED) is 0.901. The monoisotopic (exact) mass is 300 g/mol. The SMILES string of the molecule is CC(C)(NCc1cccc(Cl)c1Cl)c1nccs1. The van der Waals surface area contributed by atoms with E-state index in [0.717, 1.165) is 10.6 Å². The van der Waals surface area contributed by atoms with Gasteiger partial charge in [0, 0.05) is 18.1 Å². The Balaban J connectivity index is 2.10. The summed E-state index contributed by atoms with van der Waals surface area (Å²) in [6.45, 7) is 4.86. The van der Waals surface area contributed by atoms with Gasteiger partial charge in [0.15, 0.2) is 0 Å². The lowest BCUT2D eigenvalue weighted by molar-refractivity contribution is 0.399. The minimum atomic E-state index is -0.181. The van der Waals surface area contributed by atoms with Crippen LogP contribution in [0.1, 0.15) is 24.4 Å². The van der Waals surface area contributed by atoms with Gasteiger partial charge in [0.05, 0.1) is 15.6 Å². The molecule has 1 N–H and O–H groups in total. The predicted molar refractivity (Wildman–Crippen MR) is 78.4 cm³/mol. The van der Waals surface area contributed by atoms with E-state index in [1.165, 1.54) is 0 Å². The van der Waals surface area contributed by atoms with Crippen molar-refractivity contribution >= 4 is 34.5 Å². The van der Waals surface area contributed by atoms with E-state index in [2.05, 4.69) is 24.1 Å². The van der Waals surface area contributed by atoms with Crippen LogP contribution in [0.3, 0.4) is 0 Å². The average molecular weight is 301 g/mol. The summed E-state index contributed by atoms with van der Waals surface area (Å²) in [4.78, 5) is 4.34. The van der Waals surface area contributed by atoms with Gasteiger partial charge in [-0.05, 0) is 25.5 Å². The maximum Gasteiger partial charge on any atom is 0.112 e. The second-order valence-corrected chi connectivity index (χ2v) is 6.21. The van der Waals surface area contributed by atoms with Crippen molar-refractivity contribution in [1.29, 1.82) is 0 Å². The number of nitrogens with one attached hydrogen (secondary N) is 1. The van der Waals surface area contributed by atoms with Gasteiger partial charge in [-0.2, -0.15) is 0 Å². The maximum atomic E-state index is 6.16. The van der Waals surface area contributed by atoms with Crippen molar-refractivity contribution in [1.82, 2.24) is 10.3 Å². The molecule has 0 aliphatic rings. The van der Waals surface area contributed by atoms with Gasteiger partial charge in [0.25, 0.3) is 0 Å². The molecule has 0 fully saturated rings. The second-order valence-electron chi connectivity index (χ2n) is 4.53. The van der Waals surface area contributed by atoms with Crippen LogP contribution in [0.15, 0.2) is 29.8 Å². The van der Waals surface area contributed by atoms with E-state index in [1.54, 1.807) is 17.4 Å². The molecule has 0 spiro atoms.